The fourth-order valence-corrected chi connectivity index (χ4v) is 4.26. The molecule has 1 saturated carbocycles. The number of hydrogen-bond acceptors (Lipinski definition) is 2. The van der Waals surface area contributed by atoms with Gasteiger partial charge in [-0.15, -0.1) is 0 Å². The number of rotatable bonds is 6. The lowest BCUT2D eigenvalue weighted by Crippen LogP contribution is -2.36. The standard InChI is InChI=1S/C12H25NOS/c1-10(2)12(13-3)9-15(14)8-11-6-4-5-7-11/h10-13H,4-9H2,1-3H3. The number of nitrogens with one attached hydrogen (secondary N) is 1. The molecule has 15 heavy (non-hydrogen) atoms. The van der Waals surface area contributed by atoms with E-state index in [1.807, 2.05) is 7.05 Å². The van der Waals surface area contributed by atoms with Crippen molar-refractivity contribution >= 4 is 10.8 Å². The molecule has 0 aromatic carbocycles. The van der Waals surface area contributed by atoms with Crippen LogP contribution >= 0.6 is 0 Å². The van der Waals surface area contributed by atoms with Gasteiger partial charge in [0, 0.05) is 28.3 Å². The van der Waals surface area contributed by atoms with Crippen LogP contribution in [-0.4, -0.2) is 28.8 Å². The minimum absolute atomic E-state index is 0.409. The van der Waals surface area contributed by atoms with Crippen LogP contribution in [0.5, 0.6) is 0 Å². The fraction of sp³-hybridized carbons (Fsp3) is 1.00. The van der Waals surface area contributed by atoms with Gasteiger partial charge in [-0.3, -0.25) is 4.21 Å². The molecule has 0 aliphatic heterocycles. The third-order valence-corrected chi connectivity index (χ3v) is 5.01. The summed E-state index contributed by atoms with van der Waals surface area (Å²) < 4.78 is 11.9. The molecule has 0 bridgehead atoms. The van der Waals surface area contributed by atoms with Crippen LogP contribution in [0.4, 0.5) is 0 Å². The van der Waals surface area contributed by atoms with Crippen molar-refractivity contribution in [2.45, 2.75) is 45.6 Å². The number of hydrogen-bond donors (Lipinski definition) is 1. The zero-order valence-corrected chi connectivity index (χ0v) is 11.1. The summed E-state index contributed by atoms with van der Waals surface area (Å²) in [7, 11) is 1.35. The topological polar surface area (TPSA) is 29.1 Å². The lowest BCUT2D eigenvalue weighted by molar-refractivity contribution is 0.460. The fourth-order valence-electron chi connectivity index (χ4n) is 2.32. The summed E-state index contributed by atoms with van der Waals surface area (Å²) in [6, 6.07) is 0.409. The van der Waals surface area contributed by atoms with Crippen molar-refractivity contribution in [3.63, 3.8) is 0 Å². The molecule has 0 spiro atoms. The second-order valence-electron chi connectivity index (χ2n) is 5.06. The van der Waals surface area contributed by atoms with E-state index in [9.17, 15) is 4.21 Å². The lowest BCUT2D eigenvalue weighted by Gasteiger charge is -2.20. The van der Waals surface area contributed by atoms with Crippen molar-refractivity contribution in [1.29, 1.82) is 0 Å². The monoisotopic (exact) mass is 231 g/mol. The van der Waals surface area contributed by atoms with Crippen LogP contribution in [0.3, 0.4) is 0 Å². The van der Waals surface area contributed by atoms with Gasteiger partial charge >= 0.3 is 0 Å². The van der Waals surface area contributed by atoms with Crippen molar-refractivity contribution in [2.24, 2.45) is 11.8 Å². The smallest absolute Gasteiger partial charge is 0.0391 e. The maximum absolute atomic E-state index is 11.9. The Morgan fingerprint density at radius 1 is 1.33 bits per heavy atom. The van der Waals surface area contributed by atoms with Gasteiger partial charge in [0.2, 0.25) is 0 Å². The van der Waals surface area contributed by atoms with Gasteiger partial charge < -0.3 is 5.32 Å². The van der Waals surface area contributed by atoms with Crippen LogP contribution in [0.2, 0.25) is 0 Å². The highest BCUT2D eigenvalue weighted by molar-refractivity contribution is 7.85. The van der Waals surface area contributed by atoms with E-state index in [1.54, 1.807) is 0 Å². The average Bonchev–Trinajstić information content (AvgIpc) is 2.66. The first-order valence-electron chi connectivity index (χ1n) is 6.15. The van der Waals surface area contributed by atoms with Gasteiger partial charge in [-0.1, -0.05) is 26.7 Å². The van der Waals surface area contributed by atoms with Crippen molar-refractivity contribution < 1.29 is 4.21 Å². The summed E-state index contributed by atoms with van der Waals surface area (Å²) in [4.78, 5) is 0. The first-order valence-corrected chi connectivity index (χ1v) is 7.64. The molecule has 2 unspecified atom stereocenters. The highest BCUT2D eigenvalue weighted by atomic mass is 32.2. The predicted molar refractivity (Wildman–Crippen MR) is 67.5 cm³/mol. The maximum atomic E-state index is 11.9. The van der Waals surface area contributed by atoms with Crippen LogP contribution in [0.1, 0.15) is 39.5 Å². The Labute approximate surface area is 96.7 Å². The van der Waals surface area contributed by atoms with Crippen molar-refractivity contribution in [3.05, 3.63) is 0 Å². The molecule has 0 aromatic rings. The van der Waals surface area contributed by atoms with E-state index in [-0.39, 0.29) is 0 Å². The van der Waals surface area contributed by atoms with Crippen molar-refractivity contribution in [1.82, 2.24) is 5.32 Å². The molecule has 3 heteroatoms. The van der Waals surface area contributed by atoms with E-state index in [0.29, 0.717) is 12.0 Å². The molecule has 2 nitrogen and oxygen atoms in total. The van der Waals surface area contributed by atoms with E-state index in [1.165, 1.54) is 25.7 Å². The molecule has 90 valence electrons. The minimum Gasteiger partial charge on any atom is -0.316 e. The second kappa shape index (κ2) is 6.64. The summed E-state index contributed by atoms with van der Waals surface area (Å²) in [5, 5.41) is 3.26. The molecule has 0 aromatic heterocycles. The average molecular weight is 231 g/mol. The normalized spacial score (nSPS) is 22.1. The van der Waals surface area contributed by atoms with E-state index in [4.69, 9.17) is 0 Å². The maximum Gasteiger partial charge on any atom is 0.0391 e. The molecule has 2 atom stereocenters. The third-order valence-electron chi connectivity index (χ3n) is 3.44. The van der Waals surface area contributed by atoms with Gasteiger partial charge in [-0.2, -0.15) is 0 Å². The zero-order chi connectivity index (χ0) is 11.3. The molecule has 1 aliphatic carbocycles. The summed E-state index contributed by atoms with van der Waals surface area (Å²) in [5.41, 5.74) is 0. The molecule has 1 rings (SSSR count). The van der Waals surface area contributed by atoms with E-state index in [0.717, 1.165) is 17.4 Å². The quantitative estimate of drug-likeness (QED) is 0.759. The molecule has 1 N–H and O–H groups in total. The van der Waals surface area contributed by atoms with Gasteiger partial charge in [0.05, 0.1) is 0 Å². The van der Waals surface area contributed by atoms with E-state index < -0.39 is 10.8 Å². The van der Waals surface area contributed by atoms with Gasteiger partial charge in [0.1, 0.15) is 0 Å². The van der Waals surface area contributed by atoms with Crippen molar-refractivity contribution in [3.8, 4) is 0 Å². The Morgan fingerprint density at radius 2 is 1.93 bits per heavy atom. The molecule has 0 saturated heterocycles. The summed E-state index contributed by atoms with van der Waals surface area (Å²) >= 11 is 0. The summed E-state index contributed by atoms with van der Waals surface area (Å²) in [5.74, 6) is 3.08. The van der Waals surface area contributed by atoms with E-state index in [2.05, 4.69) is 19.2 Å². The second-order valence-corrected chi connectivity index (χ2v) is 6.61. The van der Waals surface area contributed by atoms with Crippen molar-refractivity contribution in [2.75, 3.05) is 18.6 Å². The minimum atomic E-state index is -0.623. The first kappa shape index (κ1) is 13.2. The molecular formula is C12H25NOS. The molecular weight excluding hydrogens is 206 g/mol. The van der Waals surface area contributed by atoms with Crippen LogP contribution < -0.4 is 5.32 Å². The predicted octanol–water partition coefficient (Wildman–Crippen LogP) is 2.17. The summed E-state index contributed by atoms with van der Waals surface area (Å²) in [6.45, 7) is 4.38. The van der Waals surface area contributed by atoms with Crippen LogP contribution in [0, 0.1) is 11.8 Å². The zero-order valence-electron chi connectivity index (χ0n) is 10.3. The highest BCUT2D eigenvalue weighted by Gasteiger charge is 2.20. The highest BCUT2D eigenvalue weighted by Crippen LogP contribution is 2.25. The Morgan fingerprint density at radius 3 is 2.40 bits per heavy atom. The molecule has 0 heterocycles. The largest absolute Gasteiger partial charge is 0.316 e. The Hall–Kier alpha value is 0.110. The summed E-state index contributed by atoms with van der Waals surface area (Å²) in [6.07, 6.45) is 5.30. The van der Waals surface area contributed by atoms with Crippen LogP contribution in [0.25, 0.3) is 0 Å². The Kier molecular flexibility index (Phi) is 5.83. The van der Waals surface area contributed by atoms with Gasteiger partial charge in [-0.05, 0) is 31.7 Å². The van der Waals surface area contributed by atoms with Gasteiger partial charge in [-0.25, -0.2) is 0 Å². The SMILES string of the molecule is CNC(CS(=O)CC1CCCC1)C(C)C. The Bertz CT molecular complexity index is 200. The molecule has 1 fully saturated rings. The van der Waals surface area contributed by atoms with Gasteiger partial charge in [0.15, 0.2) is 0 Å². The third kappa shape index (κ3) is 4.64. The lowest BCUT2D eigenvalue weighted by atomic mass is 10.1. The van der Waals surface area contributed by atoms with Crippen LogP contribution in [0.15, 0.2) is 0 Å². The van der Waals surface area contributed by atoms with Gasteiger partial charge in [0.25, 0.3) is 0 Å². The van der Waals surface area contributed by atoms with E-state index >= 15 is 0 Å². The Balaban J connectivity index is 2.27. The van der Waals surface area contributed by atoms with Crippen LogP contribution in [-0.2, 0) is 10.8 Å². The molecule has 0 amide bonds. The molecule has 0 radical (unpaired) electrons. The first-order chi connectivity index (χ1) is 7.13. The molecule has 1 aliphatic rings.